The van der Waals surface area contributed by atoms with Crippen LogP contribution in [0, 0.1) is 6.92 Å². The van der Waals surface area contributed by atoms with Crippen LogP contribution in [0.15, 0.2) is 84.0 Å². The third kappa shape index (κ3) is 7.88. The molecule has 1 atom stereocenters. The number of para-hydroxylation sites is 1. The number of aryl methyl sites for hydroxylation is 1. The monoisotopic (exact) mass is 612 g/mol. The SMILES string of the molecule is C1COCCN1.CCSc1nnc(C(Cc2ccccc2)NC(=O)Cc2c(C)[nH]c3ccccc23)n1-c1ccc(OC)cc1. The number of hydrogen-bond donors (Lipinski definition) is 3. The van der Waals surface area contributed by atoms with Gasteiger partial charge in [-0.2, -0.15) is 0 Å². The van der Waals surface area contributed by atoms with E-state index in [2.05, 4.69) is 50.9 Å². The number of aromatic amines is 1. The fraction of sp³-hybridized carbons (Fsp3) is 0.324. The number of nitrogens with zero attached hydrogens (tertiary/aromatic N) is 3. The van der Waals surface area contributed by atoms with E-state index in [-0.39, 0.29) is 18.4 Å². The van der Waals surface area contributed by atoms with Gasteiger partial charge in [0.1, 0.15) is 5.75 Å². The van der Waals surface area contributed by atoms with Crippen LogP contribution in [0.5, 0.6) is 5.75 Å². The number of aromatic nitrogens is 4. The number of ether oxygens (including phenoxy) is 2. The molecule has 44 heavy (non-hydrogen) atoms. The topological polar surface area (TPSA) is 106 Å². The molecule has 0 saturated carbocycles. The van der Waals surface area contributed by atoms with Crippen LogP contribution in [0.4, 0.5) is 0 Å². The van der Waals surface area contributed by atoms with Crippen LogP contribution in [0.1, 0.15) is 35.6 Å². The largest absolute Gasteiger partial charge is 0.497 e. The van der Waals surface area contributed by atoms with E-state index in [1.54, 1.807) is 18.9 Å². The highest BCUT2D eigenvalue weighted by Crippen LogP contribution is 2.29. The normalized spacial score (nSPS) is 13.6. The molecule has 1 saturated heterocycles. The number of carbonyl (C=O) groups is 1. The van der Waals surface area contributed by atoms with Crippen LogP contribution in [0.3, 0.4) is 0 Å². The molecule has 6 rings (SSSR count). The molecule has 1 amide bonds. The average molecular weight is 613 g/mol. The molecule has 3 aromatic carbocycles. The van der Waals surface area contributed by atoms with Gasteiger partial charge in [0.25, 0.3) is 0 Å². The number of morpholine rings is 1. The Labute approximate surface area is 262 Å². The van der Waals surface area contributed by atoms with E-state index in [4.69, 9.17) is 9.47 Å². The van der Waals surface area contributed by atoms with Crippen molar-refractivity contribution < 1.29 is 14.3 Å². The molecule has 0 aliphatic carbocycles. The van der Waals surface area contributed by atoms with Crippen LogP contribution >= 0.6 is 11.8 Å². The maximum Gasteiger partial charge on any atom is 0.225 e. The Hall–Kier alpha value is -4.12. The fourth-order valence-electron chi connectivity index (χ4n) is 5.24. The standard InChI is InChI=1S/C30H31N5O2S.C4H9NO/c1-4-38-30-34-33-29(35(30)22-14-16-23(37-3)17-15-22)27(18-21-10-6-5-7-11-21)32-28(36)19-25-20(2)31-26-13-9-8-12-24(25)26;1-3-6-4-2-5-1/h5-17,27,31H,4,18-19H2,1-3H3,(H,32,36);5H,1-4H2. The van der Waals surface area contributed by atoms with Gasteiger partial charge in [-0.25, -0.2) is 0 Å². The number of benzene rings is 3. The van der Waals surface area contributed by atoms with Gasteiger partial charge in [-0.15, -0.1) is 10.2 Å². The first-order valence-electron chi connectivity index (χ1n) is 15.0. The number of nitrogens with one attached hydrogen (secondary N) is 3. The highest BCUT2D eigenvalue weighted by atomic mass is 32.2. The van der Waals surface area contributed by atoms with E-state index in [1.165, 1.54) is 0 Å². The predicted octanol–water partition coefficient (Wildman–Crippen LogP) is 5.43. The molecule has 3 heterocycles. The second-order valence-electron chi connectivity index (χ2n) is 10.4. The van der Waals surface area contributed by atoms with E-state index >= 15 is 0 Å². The summed E-state index contributed by atoms with van der Waals surface area (Å²) in [5.41, 5.74) is 5.07. The Balaban J connectivity index is 0.000000573. The van der Waals surface area contributed by atoms with Gasteiger partial charge in [0, 0.05) is 35.4 Å². The van der Waals surface area contributed by atoms with Gasteiger partial charge in [0.05, 0.1) is 32.8 Å². The number of methoxy groups -OCH3 is 1. The van der Waals surface area contributed by atoms with Crippen molar-refractivity contribution in [2.45, 2.75) is 37.9 Å². The Bertz CT molecular complexity index is 1620. The number of hydrogen-bond acceptors (Lipinski definition) is 7. The minimum atomic E-state index is -0.379. The molecule has 10 heteroatoms. The summed E-state index contributed by atoms with van der Waals surface area (Å²) in [4.78, 5) is 16.9. The molecule has 0 bridgehead atoms. The van der Waals surface area contributed by atoms with Crippen molar-refractivity contribution in [2.75, 3.05) is 39.2 Å². The predicted molar refractivity (Wildman–Crippen MR) is 176 cm³/mol. The summed E-state index contributed by atoms with van der Waals surface area (Å²) in [7, 11) is 1.65. The summed E-state index contributed by atoms with van der Waals surface area (Å²) in [6.45, 7) is 7.93. The van der Waals surface area contributed by atoms with Crippen LogP contribution in [-0.4, -0.2) is 64.8 Å². The molecular weight excluding hydrogens is 572 g/mol. The van der Waals surface area contributed by atoms with Crippen LogP contribution < -0.4 is 15.4 Å². The summed E-state index contributed by atoms with van der Waals surface area (Å²) >= 11 is 1.62. The Morgan fingerprint density at radius 2 is 1.75 bits per heavy atom. The third-order valence-corrected chi connectivity index (χ3v) is 8.21. The third-order valence-electron chi connectivity index (χ3n) is 7.40. The van der Waals surface area contributed by atoms with Crippen molar-refractivity contribution >= 4 is 28.6 Å². The number of thioether (sulfide) groups is 1. The van der Waals surface area contributed by atoms with E-state index in [0.717, 1.165) is 76.4 Å². The molecule has 1 aliphatic rings. The highest BCUT2D eigenvalue weighted by Gasteiger charge is 2.25. The van der Waals surface area contributed by atoms with Gasteiger partial charge < -0.3 is 25.1 Å². The van der Waals surface area contributed by atoms with E-state index in [0.29, 0.717) is 12.2 Å². The lowest BCUT2D eigenvalue weighted by molar-refractivity contribution is -0.121. The lowest BCUT2D eigenvalue weighted by Gasteiger charge is -2.20. The lowest BCUT2D eigenvalue weighted by atomic mass is 10.0. The van der Waals surface area contributed by atoms with Crippen molar-refractivity contribution in [3.63, 3.8) is 0 Å². The zero-order valence-corrected chi connectivity index (χ0v) is 26.3. The van der Waals surface area contributed by atoms with Crippen molar-refractivity contribution in [1.29, 1.82) is 0 Å². The van der Waals surface area contributed by atoms with Gasteiger partial charge in [0.15, 0.2) is 11.0 Å². The summed E-state index contributed by atoms with van der Waals surface area (Å²) in [5, 5.41) is 17.4. The first-order valence-corrected chi connectivity index (χ1v) is 16.0. The fourth-order valence-corrected chi connectivity index (χ4v) is 5.93. The first kappa shape index (κ1) is 31.3. The maximum atomic E-state index is 13.5. The van der Waals surface area contributed by atoms with E-state index in [1.807, 2.05) is 72.2 Å². The molecule has 1 unspecified atom stereocenters. The summed E-state index contributed by atoms with van der Waals surface area (Å²) < 4.78 is 12.4. The van der Waals surface area contributed by atoms with Gasteiger partial charge in [-0.3, -0.25) is 9.36 Å². The van der Waals surface area contributed by atoms with Crippen LogP contribution in [0.25, 0.3) is 16.6 Å². The summed E-state index contributed by atoms with van der Waals surface area (Å²) in [6, 6.07) is 25.7. The molecule has 5 aromatic rings. The van der Waals surface area contributed by atoms with Crippen molar-refractivity contribution in [2.24, 2.45) is 0 Å². The van der Waals surface area contributed by atoms with Crippen molar-refractivity contribution in [1.82, 2.24) is 30.4 Å². The number of amides is 1. The van der Waals surface area contributed by atoms with Crippen LogP contribution in [0.2, 0.25) is 0 Å². The molecule has 0 radical (unpaired) electrons. The molecular formula is C34H40N6O3S. The Morgan fingerprint density at radius 3 is 2.41 bits per heavy atom. The van der Waals surface area contributed by atoms with Gasteiger partial charge in [-0.05, 0) is 60.6 Å². The number of carbonyl (C=O) groups excluding carboxylic acids is 1. The van der Waals surface area contributed by atoms with Crippen LogP contribution in [-0.2, 0) is 22.4 Å². The Morgan fingerprint density at radius 1 is 1.02 bits per heavy atom. The first-order chi connectivity index (χ1) is 21.6. The van der Waals surface area contributed by atoms with Gasteiger partial charge in [0.2, 0.25) is 5.91 Å². The smallest absolute Gasteiger partial charge is 0.225 e. The second-order valence-corrected chi connectivity index (χ2v) is 11.7. The maximum absolute atomic E-state index is 13.5. The Kier molecular flexibility index (Phi) is 11.1. The minimum Gasteiger partial charge on any atom is -0.497 e. The minimum absolute atomic E-state index is 0.0623. The quantitative estimate of drug-likeness (QED) is 0.181. The summed E-state index contributed by atoms with van der Waals surface area (Å²) in [6.07, 6.45) is 0.860. The molecule has 1 fully saturated rings. The van der Waals surface area contributed by atoms with E-state index < -0.39 is 0 Å². The number of H-pyrrole nitrogens is 1. The number of rotatable bonds is 10. The zero-order valence-electron chi connectivity index (χ0n) is 25.5. The van der Waals surface area contributed by atoms with Crippen molar-refractivity contribution in [3.05, 3.63) is 102 Å². The average Bonchev–Trinajstić information content (AvgIpc) is 3.63. The summed E-state index contributed by atoms with van der Waals surface area (Å²) in [5.74, 6) is 2.26. The molecule has 230 valence electrons. The molecule has 0 spiro atoms. The molecule has 1 aliphatic heterocycles. The molecule has 9 nitrogen and oxygen atoms in total. The lowest BCUT2D eigenvalue weighted by Crippen LogP contribution is -2.33. The molecule has 3 N–H and O–H groups in total. The highest BCUT2D eigenvalue weighted by molar-refractivity contribution is 7.99. The van der Waals surface area contributed by atoms with E-state index in [9.17, 15) is 4.79 Å². The molecule has 2 aromatic heterocycles. The van der Waals surface area contributed by atoms with Crippen molar-refractivity contribution in [3.8, 4) is 11.4 Å². The van der Waals surface area contributed by atoms with Gasteiger partial charge >= 0.3 is 0 Å². The number of fused-ring (bicyclic) bond motifs is 1. The second kappa shape index (κ2) is 15.6. The zero-order chi connectivity index (χ0) is 30.7. The van der Waals surface area contributed by atoms with Gasteiger partial charge in [-0.1, -0.05) is 67.2 Å².